The Balaban J connectivity index is 1.59. The molecular formula is C23H28N8. The van der Waals surface area contributed by atoms with E-state index in [1.54, 1.807) is 36.0 Å². The van der Waals surface area contributed by atoms with Crippen molar-refractivity contribution in [3.05, 3.63) is 72.6 Å². The van der Waals surface area contributed by atoms with Gasteiger partial charge in [0.05, 0.1) is 24.3 Å². The Morgan fingerprint density at radius 3 is 2.23 bits per heavy atom. The van der Waals surface area contributed by atoms with E-state index < -0.39 is 0 Å². The van der Waals surface area contributed by atoms with Crippen molar-refractivity contribution in [3.8, 4) is 11.4 Å². The molecule has 0 unspecified atom stereocenters. The topological polar surface area (TPSA) is 87.2 Å². The Morgan fingerprint density at radius 1 is 0.839 bits per heavy atom. The number of pyridine rings is 2. The zero-order valence-corrected chi connectivity index (χ0v) is 18.7. The number of aromatic nitrogens is 8. The van der Waals surface area contributed by atoms with Gasteiger partial charge in [0.25, 0.3) is 0 Å². The Labute approximate surface area is 182 Å². The Bertz CT molecular complexity index is 1140. The van der Waals surface area contributed by atoms with Gasteiger partial charge >= 0.3 is 0 Å². The van der Waals surface area contributed by atoms with Gasteiger partial charge in [-0.1, -0.05) is 34.6 Å². The molecule has 31 heavy (non-hydrogen) atoms. The maximum Gasteiger partial charge on any atom is 0.123 e. The summed E-state index contributed by atoms with van der Waals surface area (Å²) < 4.78 is 1.93. The smallest absolute Gasteiger partial charge is 0.123 e. The lowest BCUT2D eigenvalue weighted by Crippen LogP contribution is -2.20. The summed E-state index contributed by atoms with van der Waals surface area (Å²) in [6.45, 7) is 11.0. The highest BCUT2D eigenvalue weighted by molar-refractivity contribution is 5.38. The van der Waals surface area contributed by atoms with E-state index in [4.69, 9.17) is 4.98 Å². The van der Waals surface area contributed by atoms with Crippen LogP contribution < -0.4 is 0 Å². The van der Waals surface area contributed by atoms with E-state index in [9.17, 15) is 0 Å². The van der Waals surface area contributed by atoms with Gasteiger partial charge < -0.3 is 0 Å². The summed E-state index contributed by atoms with van der Waals surface area (Å²) in [6, 6.07) is 6.34. The molecule has 0 bridgehead atoms. The van der Waals surface area contributed by atoms with Crippen LogP contribution in [0.5, 0.6) is 0 Å². The van der Waals surface area contributed by atoms with Crippen LogP contribution in [0.25, 0.3) is 11.4 Å². The lowest BCUT2D eigenvalue weighted by Gasteiger charge is -2.26. The van der Waals surface area contributed by atoms with Gasteiger partial charge in [0.2, 0.25) is 0 Å². The van der Waals surface area contributed by atoms with E-state index >= 15 is 0 Å². The summed E-state index contributed by atoms with van der Waals surface area (Å²) in [7, 11) is 0. The van der Waals surface area contributed by atoms with Crippen molar-refractivity contribution in [1.82, 2.24) is 39.7 Å². The van der Waals surface area contributed by atoms with Gasteiger partial charge in [0.1, 0.15) is 18.3 Å². The van der Waals surface area contributed by atoms with Crippen molar-refractivity contribution in [3.63, 3.8) is 0 Å². The zero-order chi connectivity index (χ0) is 22.1. The number of hydrogen-bond acceptors (Lipinski definition) is 6. The van der Waals surface area contributed by atoms with Gasteiger partial charge in [0, 0.05) is 23.0 Å². The van der Waals surface area contributed by atoms with E-state index in [-0.39, 0.29) is 10.8 Å². The molecule has 0 aliphatic rings. The maximum absolute atomic E-state index is 4.98. The lowest BCUT2D eigenvalue weighted by molar-refractivity contribution is 0.472. The first-order chi connectivity index (χ1) is 14.7. The fraction of sp³-hybridized carbons (Fsp3) is 0.391. The molecule has 4 rings (SSSR count). The molecule has 0 amide bonds. The molecule has 0 atom stereocenters. The van der Waals surface area contributed by atoms with Crippen molar-refractivity contribution >= 4 is 0 Å². The molecule has 0 aliphatic heterocycles. The van der Waals surface area contributed by atoms with Crippen molar-refractivity contribution in [2.24, 2.45) is 0 Å². The molecule has 8 nitrogen and oxygen atoms in total. The largest absolute Gasteiger partial charge is 0.288 e. The molecule has 0 radical (unpaired) electrons. The highest BCUT2D eigenvalue weighted by Gasteiger charge is 2.23. The molecule has 0 saturated heterocycles. The molecule has 160 valence electrons. The van der Waals surface area contributed by atoms with Crippen molar-refractivity contribution in [2.45, 2.75) is 58.3 Å². The van der Waals surface area contributed by atoms with E-state index in [2.05, 4.69) is 78.2 Å². The van der Waals surface area contributed by atoms with Gasteiger partial charge in [0.15, 0.2) is 0 Å². The Morgan fingerprint density at radius 2 is 1.55 bits per heavy atom. The summed E-state index contributed by atoms with van der Waals surface area (Å²) in [5.41, 5.74) is 5.01. The monoisotopic (exact) mass is 416 g/mol. The van der Waals surface area contributed by atoms with Gasteiger partial charge in [-0.15, -0.1) is 10.2 Å². The first-order valence-electron chi connectivity index (χ1n) is 10.4. The molecule has 0 aliphatic carbocycles. The summed E-state index contributed by atoms with van der Waals surface area (Å²) in [5, 5.41) is 16.3. The minimum atomic E-state index is -0.0910. The summed E-state index contributed by atoms with van der Waals surface area (Å²) in [6.07, 6.45) is 12.2. The van der Waals surface area contributed by atoms with E-state index in [0.29, 0.717) is 0 Å². The van der Waals surface area contributed by atoms with Gasteiger partial charge in [-0.05, 0) is 42.0 Å². The third-order valence-electron chi connectivity index (χ3n) is 5.51. The average Bonchev–Trinajstić information content (AvgIpc) is 3.46. The second-order valence-electron chi connectivity index (χ2n) is 9.46. The van der Waals surface area contributed by atoms with Crippen molar-refractivity contribution < 1.29 is 0 Å². The fourth-order valence-corrected chi connectivity index (χ4v) is 3.41. The number of aryl methyl sites for hydroxylation is 1. The molecule has 8 heteroatoms. The number of hydrogen-bond donors (Lipinski definition) is 0. The Hall–Kier alpha value is -3.42. The lowest BCUT2D eigenvalue weighted by atomic mass is 9.80. The predicted molar refractivity (Wildman–Crippen MR) is 118 cm³/mol. The molecule has 4 aromatic heterocycles. The minimum Gasteiger partial charge on any atom is -0.288 e. The van der Waals surface area contributed by atoms with Crippen LogP contribution >= 0.6 is 0 Å². The van der Waals surface area contributed by atoms with Crippen LogP contribution in [-0.4, -0.2) is 39.7 Å². The summed E-state index contributed by atoms with van der Waals surface area (Å²) in [5.74, 6) is 0. The van der Waals surface area contributed by atoms with Crippen LogP contribution in [0.4, 0.5) is 0 Å². The van der Waals surface area contributed by atoms with Crippen LogP contribution in [0.15, 0.2) is 55.6 Å². The highest BCUT2D eigenvalue weighted by Crippen LogP contribution is 2.30. The van der Waals surface area contributed by atoms with Gasteiger partial charge in [-0.2, -0.15) is 15.0 Å². The first-order valence-corrected chi connectivity index (χ1v) is 10.4. The summed E-state index contributed by atoms with van der Waals surface area (Å²) in [4.78, 5) is 11.0. The molecule has 0 N–H and O–H groups in total. The fourth-order valence-electron chi connectivity index (χ4n) is 3.41. The third kappa shape index (κ3) is 4.68. The average molecular weight is 417 g/mol. The third-order valence-corrected chi connectivity index (χ3v) is 5.51. The summed E-state index contributed by atoms with van der Waals surface area (Å²) >= 11 is 0. The normalized spacial score (nSPS) is 12.3. The highest BCUT2D eigenvalue weighted by atomic mass is 15.5. The molecule has 0 aromatic carbocycles. The van der Waals surface area contributed by atoms with E-state index in [0.717, 1.165) is 41.2 Å². The van der Waals surface area contributed by atoms with Crippen molar-refractivity contribution in [1.29, 1.82) is 0 Å². The second-order valence-corrected chi connectivity index (χ2v) is 9.46. The number of nitrogens with zero attached hydrogens (tertiary/aromatic N) is 8. The van der Waals surface area contributed by atoms with Crippen LogP contribution in [-0.2, 0) is 17.3 Å². The molecule has 4 heterocycles. The molecular weight excluding hydrogens is 388 g/mol. The standard InChI is InChI=1S/C23H28N8/c1-22(2,3)21-12-19(30-15-25-26-16-30)11-18(29-21)6-7-23(4,5)17-10-20(14-24-13-17)31-27-8-9-28-31/h8-16H,6-7H2,1-5H3. The second kappa shape index (κ2) is 8.02. The minimum absolute atomic E-state index is 0.0523. The maximum atomic E-state index is 4.98. The first kappa shape index (κ1) is 20.8. The van der Waals surface area contributed by atoms with Crippen LogP contribution in [0, 0.1) is 0 Å². The van der Waals surface area contributed by atoms with Crippen LogP contribution in [0.2, 0.25) is 0 Å². The van der Waals surface area contributed by atoms with Crippen molar-refractivity contribution in [2.75, 3.05) is 0 Å². The van der Waals surface area contributed by atoms with E-state index in [1.807, 2.05) is 10.8 Å². The van der Waals surface area contributed by atoms with Gasteiger partial charge in [-0.25, -0.2) is 0 Å². The van der Waals surface area contributed by atoms with Gasteiger partial charge in [-0.3, -0.25) is 14.5 Å². The Kier molecular flexibility index (Phi) is 5.39. The molecule has 0 saturated carbocycles. The number of rotatable bonds is 6. The molecule has 0 fully saturated rings. The molecule has 0 spiro atoms. The predicted octanol–water partition coefficient (Wildman–Crippen LogP) is 3.85. The van der Waals surface area contributed by atoms with Crippen LogP contribution in [0.3, 0.4) is 0 Å². The van der Waals surface area contributed by atoms with Crippen LogP contribution in [0.1, 0.15) is 58.0 Å². The van der Waals surface area contributed by atoms with E-state index in [1.165, 1.54) is 0 Å². The quantitative estimate of drug-likeness (QED) is 0.474. The SMILES string of the molecule is CC(C)(C)c1cc(-n2cnnc2)cc(CCC(C)(C)c2cncc(-n3nccn3)c2)n1. The molecule has 4 aromatic rings. The zero-order valence-electron chi connectivity index (χ0n) is 18.7.